The van der Waals surface area contributed by atoms with Crippen LogP contribution in [-0.2, 0) is 0 Å². The van der Waals surface area contributed by atoms with Crippen molar-refractivity contribution in [3.63, 3.8) is 0 Å². The van der Waals surface area contributed by atoms with E-state index in [2.05, 4.69) is 5.32 Å². The molecule has 2 aromatic carbocycles. The zero-order chi connectivity index (χ0) is 12.5. The first-order valence-electron chi connectivity index (χ1n) is 6.44. The van der Waals surface area contributed by atoms with Crippen LogP contribution in [0.2, 0.25) is 0 Å². The topological polar surface area (TPSA) is 21.3 Å². The smallest absolute Gasteiger partial charge is 0.127 e. The van der Waals surface area contributed by atoms with Gasteiger partial charge in [0.25, 0.3) is 0 Å². The van der Waals surface area contributed by atoms with Crippen LogP contribution in [0.3, 0.4) is 0 Å². The lowest BCUT2D eigenvalue weighted by molar-refractivity contribution is 0.482. The molecule has 1 saturated heterocycles. The van der Waals surface area contributed by atoms with Gasteiger partial charge in [-0.05, 0) is 50.2 Å². The molecule has 2 heteroatoms. The molecule has 0 radical (unpaired) electrons. The fourth-order valence-corrected chi connectivity index (χ4v) is 1.74. The summed E-state index contributed by atoms with van der Waals surface area (Å²) in [6.07, 6.45) is 2.78. The summed E-state index contributed by atoms with van der Waals surface area (Å²) in [5, 5.41) is 3.22. The van der Waals surface area contributed by atoms with Crippen molar-refractivity contribution in [1.29, 1.82) is 0 Å². The molecule has 2 nitrogen and oxygen atoms in total. The number of rotatable bonds is 2. The molecular formula is C16H19NO. The number of ether oxygens (including phenoxy) is 1. The Morgan fingerprint density at radius 2 is 1.11 bits per heavy atom. The number of benzene rings is 2. The van der Waals surface area contributed by atoms with Gasteiger partial charge in [0.05, 0.1) is 0 Å². The standard InChI is InChI=1S/C12H10O.C4H9N/c1-3-7-11(8-4-1)13-12-9-5-2-6-10-12;1-2-4-5-3-1/h1-10H;5H,1-4H2. The lowest BCUT2D eigenvalue weighted by Gasteiger charge is -2.03. The van der Waals surface area contributed by atoms with Gasteiger partial charge >= 0.3 is 0 Å². The van der Waals surface area contributed by atoms with E-state index in [0.717, 1.165) is 11.5 Å². The number of hydrogen-bond donors (Lipinski definition) is 1. The van der Waals surface area contributed by atoms with E-state index in [1.165, 1.54) is 25.9 Å². The Balaban J connectivity index is 0.000000202. The lowest BCUT2D eigenvalue weighted by atomic mass is 10.3. The molecule has 0 amide bonds. The normalized spacial score (nSPS) is 13.6. The van der Waals surface area contributed by atoms with Gasteiger partial charge in [-0.2, -0.15) is 0 Å². The maximum atomic E-state index is 5.58. The first-order valence-corrected chi connectivity index (χ1v) is 6.44. The molecule has 94 valence electrons. The molecule has 0 aromatic heterocycles. The monoisotopic (exact) mass is 241 g/mol. The molecule has 2 aromatic rings. The van der Waals surface area contributed by atoms with Gasteiger partial charge in [0.15, 0.2) is 0 Å². The van der Waals surface area contributed by atoms with E-state index < -0.39 is 0 Å². The van der Waals surface area contributed by atoms with Crippen LogP contribution in [0.25, 0.3) is 0 Å². The van der Waals surface area contributed by atoms with Crippen LogP contribution in [0.15, 0.2) is 60.7 Å². The lowest BCUT2D eigenvalue weighted by Crippen LogP contribution is -2.03. The zero-order valence-electron chi connectivity index (χ0n) is 10.5. The first-order chi connectivity index (χ1) is 8.95. The molecule has 0 bridgehead atoms. The fourth-order valence-electron chi connectivity index (χ4n) is 1.74. The quantitative estimate of drug-likeness (QED) is 0.862. The second kappa shape index (κ2) is 7.51. The molecule has 1 aliphatic heterocycles. The van der Waals surface area contributed by atoms with Gasteiger partial charge in [0.1, 0.15) is 11.5 Å². The van der Waals surface area contributed by atoms with E-state index in [4.69, 9.17) is 4.74 Å². The first kappa shape index (κ1) is 12.7. The molecular weight excluding hydrogens is 222 g/mol. The van der Waals surface area contributed by atoms with Crippen LogP contribution >= 0.6 is 0 Å². The van der Waals surface area contributed by atoms with E-state index in [0.29, 0.717) is 0 Å². The summed E-state index contributed by atoms with van der Waals surface area (Å²) in [5.41, 5.74) is 0. The third-order valence-electron chi connectivity index (χ3n) is 2.68. The molecule has 1 N–H and O–H groups in total. The molecule has 0 atom stereocenters. The molecule has 0 spiro atoms. The van der Waals surface area contributed by atoms with Crippen molar-refractivity contribution in [3.05, 3.63) is 60.7 Å². The van der Waals surface area contributed by atoms with Gasteiger partial charge in [-0.3, -0.25) is 0 Å². The number of nitrogens with one attached hydrogen (secondary N) is 1. The SMILES string of the molecule is C1CCNC1.c1ccc(Oc2ccccc2)cc1. The van der Waals surface area contributed by atoms with Crippen LogP contribution < -0.4 is 10.1 Å². The van der Waals surface area contributed by atoms with Crippen LogP contribution in [0.5, 0.6) is 11.5 Å². The Kier molecular flexibility index (Phi) is 5.28. The predicted molar refractivity (Wildman–Crippen MR) is 75.1 cm³/mol. The molecule has 0 saturated carbocycles. The second-order valence-electron chi connectivity index (χ2n) is 4.19. The summed E-state index contributed by atoms with van der Waals surface area (Å²) in [5.74, 6) is 1.74. The summed E-state index contributed by atoms with van der Waals surface area (Å²) in [6, 6.07) is 19.5. The van der Waals surface area contributed by atoms with Gasteiger partial charge in [-0.15, -0.1) is 0 Å². The van der Waals surface area contributed by atoms with Crippen LogP contribution in [-0.4, -0.2) is 13.1 Å². The summed E-state index contributed by atoms with van der Waals surface area (Å²) < 4.78 is 5.58. The molecule has 1 heterocycles. The van der Waals surface area contributed by atoms with E-state index >= 15 is 0 Å². The van der Waals surface area contributed by atoms with Crippen molar-refractivity contribution in [3.8, 4) is 11.5 Å². The van der Waals surface area contributed by atoms with E-state index in [9.17, 15) is 0 Å². The highest BCUT2D eigenvalue weighted by atomic mass is 16.5. The summed E-state index contributed by atoms with van der Waals surface area (Å²) >= 11 is 0. The molecule has 1 fully saturated rings. The van der Waals surface area contributed by atoms with E-state index in [-0.39, 0.29) is 0 Å². The Morgan fingerprint density at radius 1 is 0.667 bits per heavy atom. The van der Waals surface area contributed by atoms with E-state index in [1.807, 2.05) is 60.7 Å². The molecule has 3 rings (SSSR count). The average molecular weight is 241 g/mol. The highest BCUT2D eigenvalue weighted by Gasteiger charge is 1.93. The minimum absolute atomic E-state index is 0.869. The van der Waals surface area contributed by atoms with Crippen LogP contribution in [0.4, 0.5) is 0 Å². The maximum Gasteiger partial charge on any atom is 0.127 e. The van der Waals surface area contributed by atoms with Crippen LogP contribution in [0.1, 0.15) is 12.8 Å². The van der Waals surface area contributed by atoms with E-state index in [1.54, 1.807) is 0 Å². The van der Waals surface area contributed by atoms with Crippen molar-refractivity contribution in [1.82, 2.24) is 5.32 Å². The predicted octanol–water partition coefficient (Wildman–Crippen LogP) is 3.85. The molecule has 18 heavy (non-hydrogen) atoms. The summed E-state index contributed by atoms with van der Waals surface area (Å²) in [6.45, 7) is 2.50. The minimum Gasteiger partial charge on any atom is -0.457 e. The van der Waals surface area contributed by atoms with Crippen molar-refractivity contribution < 1.29 is 4.74 Å². The van der Waals surface area contributed by atoms with Gasteiger partial charge in [-0.25, -0.2) is 0 Å². The Labute approximate surface area is 109 Å². The highest BCUT2D eigenvalue weighted by Crippen LogP contribution is 2.19. The van der Waals surface area contributed by atoms with Gasteiger partial charge < -0.3 is 10.1 Å². The summed E-state index contributed by atoms with van der Waals surface area (Å²) in [4.78, 5) is 0. The summed E-state index contributed by atoms with van der Waals surface area (Å²) in [7, 11) is 0. The largest absolute Gasteiger partial charge is 0.457 e. The third kappa shape index (κ3) is 4.60. The maximum absolute atomic E-state index is 5.58. The van der Waals surface area contributed by atoms with Crippen LogP contribution in [0, 0.1) is 0 Å². The minimum atomic E-state index is 0.869. The van der Waals surface area contributed by atoms with Gasteiger partial charge in [0, 0.05) is 0 Å². The van der Waals surface area contributed by atoms with Gasteiger partial charge in [-0.1, -0.05) is 36.4 Å². The number of hydrogen-bond acceptors (Lipinski definition) is 2. The second-order valence-corrected chi connectivity index (χ2v) is 4.19. The highest BCUT2D eigenvalue weighted by molar-refractivity contribution is 5.30. The molecule has 0 unspecified atom stereocenters. The molecule has 0 aliphatic carbocycles. The van der Waals surface area contributed by atoms with Crippen molar-refractivity contribution in [2.24, 2.45) is 0 Å². The Bertz CT molecular complexity index is 378. The van der Waals surface area contributed by atoms with Crippen molar-refractivity contribution in [2.75, 3.05) is 13.1 Å². The third-order valence-corrected chi connectivity index (χ3v) is 2.68. The number of para-hydroxylation sites is 2. The molecule has 1 aliphatic rings. The van der Waals surface area contributed by atoms with Gasteiger partial charge in [0.2, 0.25) is 0 Å². The van der Waals surface area contributed by atoms with Crippen molar-refractivity contribution in [2.45, 2.75) is 12.8 Å². The average Bonchev–Trinajstić information content (AvgIpc) is 3.00. The Morgan fingerprint density at radius 3 is 1.44 bits per heavy atom. The zero-order valence-corrected chi connectivity index (χ0v) is 10.5. The van der Waals surface area contributed by atoms with Crippen molar-refractivity contribution >= 4 is 0 Å². The Hall–Kier alpha value is -1.80. The fraction of sp³-hybridized carbons (Fsp3) is 0.250.